The number of rotatable bonds is 3. The van der Waals surface area contributed by atoms with Crippen molar-refractivity contribution in [3.63, 3.8) is 0 Å². The number of hydrogen-bond donors (Lipinski definition) is 3. The summed E-state index contributed by atoms with van der Waals surface area (Å²) in [5.41, 5.74) is 5.21. The molecule has 6 nitrogen and oxygen atoms in total. The van der Waals surface area contributed by atoms with Crippen molar-refractivity contribution in [2.45, 2.75) is 0 Å². The second-order valence-corrected chi connectivity index (χ2v) is 4.17. The monoisotopic (exact) mass is 284 g/mol. The fraction of sp³-hybridized carbons (Fsp3) is 0. The highest BCUT2D eigenvalue weighted by molar-refractivity contribution is 6.00. The molecule has 0 spiro atoms. The Kier molecular flexibility index (Phi) is 4.30. The average Bonchev–Trinajstić information content (AvgIpc) is 2.52. The Morgan fingerprint density at radius 3 is 2.14 bits per heavy atom. The van der Waals surface area contributed by atoms with E-state index in [-0.39, 0.29) is 16.9 Å². The molecule has 0 bridgehead atoms. The second kappa shape index (κ2) is 6.33. The third-order valence-corrected chi connectivity index (χ3v) is 2.75. The van der Waals surface area contributed by atoms with Crippen LogP contribution in [0.1, 0.15) is 31.1 Å². The molecule has 0 aliphatic rings. The Bertz CT molecular complexity index is 680. The zero-order chi connectivity index (χ0) is 15.2. The number of phenolic OH excluding ortho intramolecular Hbond substituents is 1. The predicted molar refractivity (Wildman–Crippen MR) is 74.9 cm³/mol. The molecule has 3 N–H and O–H groups in total. The average molecular weight is 284 g/mol. The van der Waals surface area contributed by atoms with Gasteiger partial charge in [-0.25, -0.2) is 0 Å². The SMILES string of the molecule is O=Cc1ccc(C(=O)NNC(=O)c2ccccc2O)cc1. The van der Waals surface area contributed by atoms with Crippen molar-refractivity contribution in [3.05, 3.63) is 65.2 Å². The Balaban J connectivity index is 1.99. The molecule has 2 aromatic carbocycles. The summed E-state index contributed by atoms with van der Waals surface area (Å²) in [6.07, 6.45) is 0.668. The van der Waals surface area contributed by atoms with Gasteiger partial charge in [0.05, 0.1) is 5.56 Å². The largest absolute Gasteiger partial charge is 0.507 e. The lowest BCUT2D eigenvalue weighted by molar-refractivity contribution is 0.0845. The summed E-state index contributed by atoms with van der Waals surface area (Å²) >= 11 is 0. The smallest absolute Gasteiger partial charge is 0.273 e. The molecule has 0 aromatic heterocycles. The number of aromatic hydroxyl groups is 1. The number of carbonyl (C=O) groups excluding carboxylic acids is 3. The van der Waals surface area contributed by atoms with Crippen LogP contribution in [0.3, 0.4) is 0 Å². The molecule has 0 fully saturated rings. The van der Waals surface area contributed by atoms with E-state index in [1.165, 1.54) is 36.4 Å². The van der Waals surface area contributed by atoms with Gasteiger partial charge in [0, 0.05) is 11.1 Å². The first-order valence-electron chi connectivity index (χ1n) is 6.05. The molecule has 106 valence electrons. The number of benzene rings is 2. The number of amides is 2. The van der Waals surface area contributed by atoms with Gasteiger partial charge in [0.25, 0.3) is 11.8 Å². The first-order valence-corrected chi connectivity index (χ1v) is 6.05. The van der Waals surface area contributed by atoms with E-state index < -0.39 is 11.8 Å². The summed E-state index contributed by atoms with van der Waals surface area (Å²) in [6, 6.07) is 11.9. The van der Waals surface area contributed by atoms with Gasteiger partial charge in [0.15, 0.2) is 0 Å². The fourth-order valence-electron chi connectivity index (χ4n) is 1.63. The number of aldehydes is 1. The van der Waals surface area contributed by atoms with E-state index in [4.69, 9.17) is 0 Å². The van der Waals surface area contributed by atoms with Gasteiger partial charge in [-0.1, -0.05) is 24.3 Å². The molecule has 0 atom stereocenters. The van der Waals surface area contributed by atoms with Gasteiger partial charge < -0.3 is 5.11 Å². The van der Waals surface area contributed by atoms with Crippen molar-refractivity contribution in [2.75, 3.05) is 0 Å². The van der Waals surface area contributed by atoms with Gasteiger partial charge in [-0.2, -0.15) is 0 Å². The molecule has 0 saturated heterocycles. The van der Waals surface area contributed by atoms with Crippen molar-refractivity contribution in [3.8, 4) is 5.75 Å². The van der Waals surface area contributed by atoms with E-state index in [1.807, 2.05) is 0 Å². The molecular formula is C15H12N2O4. The van der Waals surface area contributed by atoms with E-state index in [1.54, 1.807) is 12.1 Å². The number of nitrogens with one attached hydrogen (secondary N) is 2. The Labute approximate surface area is 120 Å². The van der Waals surface area contributed by atoms with Crippen LogP contribution < -0.4 is 10.9 Å². The van der Waals surface area contributed by atoms with Crippen LogP contribution in [0.5, 0.6) is 5.75 Å². The van der Waals surface area contributed by atoms with Crippen molar-refractivity contribution in [1.29, 1.82) is 0 Å². The van der Waals surface area contributed by atoms with Crippen LogP contribution in [0.15, 0.2) is 48.5 Å². The third-order valence-electron chi connectivity index (χ3n) is 2.75. The van der Waals surface area contributed by atoms with Crippen molar-refractivity contribution in [2.24, 2.45) is 0 Å². The lowest BCUT2D eigenvalue weighted by Crippen LogP contribution is -2.41. The van der Waals surface area contributed by atoms with Crippen LogP contribution in [0, 0.1) is 0 Å². The van der Waals surface area contributed by atoms with Gasteiger partial charge in [-0.05, 0) is 24.3 Å². The molecule has 0 saturated carbocycles. The molecule has 2 aromatic rings. The number of para-hydroxylation sites is 1. The standard InChI is InChI=1S/C15H12N2O4/c18-9-10-5-7-11(8-6-10)14(20)16-17-15(21)12-3-1-2-4-13(12)19/h1-9,19H,(H,16,20)(H,17,21). The van der Waals surface area contributed by atoms with E-state index in [0.717, 1.165) is 0 Å². The molecule has 6 heteroatoms. The quantitative estimate of drug-likeness (QED) is 0.584. The van der Waals surface area contributed by atoms with Crippen LogP contribution in [-0.4, -0.2) is 23.2 Å². The lowest BCUT2D eigenvalue weighted by atomic mass is 10.1. The molecule has 21 heavy (non-hydrogen) atoms. The molecule has 2 amide bonds. The highest BCUT2D eigenvalue weighted by Crippen LogP contribution is 2.14. The van der Waals surface area contributed by atoms with Crippen molar-refractivity contribution < 1.29 is 19.5 Å². The Morgan fingerprint density at radius 2 is 1.52 bits per heavy atom. The lowest BCUT2D eigenvalue weighted by Gasteiger charge is -2.08. The van der Waals surface area contributed by atoms with E-state index >= 15 is 0 Å². The molecule has 0 radical (unpaired) electrons. The first kappa shape index (κ1) is 14.3. The van der Waals surface area contributed by atoms with Gasteiger partial charge in [0.1, 0.15) is 12.0 Å². The third kappa shape index (κ3) is 3.44. The summed E-state index contributed by atoms with van der Waals surface area (Å²) in [4.78, 5) is 34.1. The van der Waals surface area contributed by atoms with Gasteiger partial charge in [-0.3, -0.25) is 25.2 Å². The maximum Gasteiger partial charge on any atom is 0.273 e. The second-order valence-electron chi connectivity index (χ2n) is 4.17. The summed E-state index contributed by atoms with van der Waals surface area (Å²) < 4.78 is 0. The first-order chi connectivity index (χ1) is 10.1. The molecule has 2 rings (SSSR count). The minimum atomic E-state index is -0.633. The summed E-state index contributed by atoms with van der Waals surface area (Å²) in [6.45, 7) is 0. The van der Waals surface area contributed by atoms with Gasteiger partial charge >= 0.3 is 0 Å². The predicted octanol–water partition coefficient (Wildman–Crippen LogP) is 1.28. The van der Waals surface area contributed by atoms with Gasteiger partial charge in [-0.15, -0.1) is 0 Å². The van der Waals surface area contributed by atoms with E-state index in [0.29, 0.717) is 11.8 Å². The van der Waals surface area contributed by atoms with Crippen LogP contribution in [0.25, 0.3) is 0 Å². The van der Waals surface area contributed by atoms with Crippen LogP contribution in [0.4, 0.5) is 0 Å². The van der Waals surface area contributed by atoms with Crippen LogP contribution in [0.2, 0.25) is 0 Å². The van der Waals surface area contributed by atoms with Crippen LogP contribution >= 0.6 is 0 Å². The van der Waals surface area contributed by atoms with Crippen LogP contribution in [-0.2, 0) is 0 Å². The van der Waals surface area contributed by atoms with E-state index in [9.17, 15) is 19.5 Å². The highest BCUT2D eigenvalue weighted by Gasteiger charge is 2.11. The molecule has 0 unspecified atom stereocenters. The van der Waals surface area contributed by atoms with Gasteiger partial charge in [0.2, 0.25) is 0 Å². The summed E-state index contributed by atoms with van der Waals surface area (Å²) in [7, 11) is 0. The summed E-state index contributed by atoms with van der Waals surface area (Å²) in [5.74, 6) is -1.35. The maximum absolute atomic E-state index is 11.8. The number of carbonyl (C=O) groups is 3. The zero-order valence-electron chi connectivity index (χ0n) is 10.9. The maximum atomic E-state index is 11.8. The topological polar surface area (TPSA) is 95.5 Å². The molecule has 0 aliphatic carbocycles. The normalized spacial score (nSPS) is 9.71. The highest BCUT2D eigenvalue weighted by atomic mass is 16.3. The number of hydrazine groups is 1. The fourth-order valence-corrected chi connectivity index (χ4v) is 1.63. The number of phenols is 1. The molecular weight excluding hydrogens is 272 g/mol. The molecule has 0 aliphatic heterocycles. The van der Waals surface area contributed by atoms with E-state index in [2.05, 4.69) is 10.9 Å². The number of hydrogen-bond acceptors (Lipinski definition) is 4. The summed E-state index contributed by atoms with van der Waals surface area (Å²) in [5, 5.41) is 9.51. The minimum absolute atomic E-state index is 0.0501. The zero-order valence-corrected chi connectivity index (χ0v) is 10.9. The Morgan fingerprint density at radius 1 is 0.905 bits per heavy atom. The minimum Gasteiger partial charge on any atom is -0.507 e. The Hall–Kier alpha value is -3.15. The van der Waals surface area contributed by atoms with Crippen molar-refractivity contribution in [1.82, 2.24) is 10.9 Å². The molecule has 0 heterocycles. The van der Waals surface area contributed by atoms with Crippen molar-refractivity contribution >= 4 is 18.1 Å².